The fourth-order valence-electron chi connectivity index (χ4n) is 4.43. The Labute approximate surface area is 200 Å². The molecule has 1 aromatic heterocycles. The molecule has 0 radical (unpaired) electrons. The van der Waals surface area contributed by atoms with Crippen LogP contribution < -0.4 is 19.1 Å². The summed E-state index contributed by atoms with van der Waals surface area (Å²) in [5.41, 5.74) is 1.94. The standard InChI is InChI=1S/C25H22N2O6S/c1-13-10-16-11-15(5-6-17(16)33-13)22(28)20-21(14-4-7-18(31-2)19(12-14)32-3)27(24(30)23(20)29)25-26-8-9-34-25/h4-9,11-13,21,28H,10H2,1-3H3/b22-20+/t13-,21+/m0/s1. The smallest absolute Gasteiger partial charge is 0.301 e. The number of carbonyl (C=O) groups excluding carboxylic acids is 2. The third-order valence-electron chi connectivity index (χ3n) is 5.96. The molecule has 0 unspecified atom stereocenters. The van der Waals surface area contributed by atoms with E-state index in [0.29, 0.717) is 34.2 Å². The van der Waals surface area contributed by atoms with Gasteiger partial charge in [0, 0.05) is 23.6 Å². The highest BCUT2D eigenvalue weighted by Gasteiger charge is 2.48. The lowest BCUT2D eigenvalue weighted by Crippen LogP contribution is -2.29. The van der Waals surface area contributed by atoms with Crippen LogP contribution in [0.15, 0.2) is 53.5 Å². The maximum absolute atomic E-state index is 13.3. The van der Waals surface area contributed by atoms with Gasteiger partial charge in [0.25, 0.3) is 5.78 Å². The van der Waals surface area contributed by atoms with Crippen molar-refractivity contribution in [3.8, 4) is 17.2 Å². The number of aliphatic hydroxyl groups excluding tert-OH is 1. The van der Waals surface area contributed by atoms with E-state index in [0.717, 1.165) is 11.3 Å². The Kier molecular flexibility index (Phi) is 5.49. The molecule has 0 saturated carbocycles. The van der Waals surface area contributed by atoms with E-state index in [2.05, 4.69) is 4.98 Å². The fourth-order valence-corrected chi connectivity index (χ4v) is 5.09. The minimum Gasteiger partial charge on any atom is -0.507 e. The number of ether oxygens (including phenoxy) is 3. The number of hydrogen-bond acceptors (Lipinski definition) is 8. The largest absolute Gasteiger partial charge is 0.507 e. The first-order valence-electron chi connectivity index (χ1n) is 10.6. The lowest BCUT2D eigenvalue weighted by Gasteiger charge is -2.23. The van der Waals surface area contributed by atoms with Gasteiger partial charge < -0.3 is 19.3 Å². The second-order valence-corrected chi connectivity index (χ2v) is 8.93. The van der Waals surface area contributed by atoms with Crippen molar-refractivity contribution in [2.24, 2.45) is 0 Å². The number of thiazole rings is 1. The van der Waals surface area contributed by atoms with E-state index in [1.54, 1.807) is 48.0 Å². The van der Waals surface area contributed by atoms with Crippen molar-refractivity contribution >= 4 is 33.9 Å². The molecule has 1 amide bonds. The second-order valence-electron chi connectivity index (χ2n) is 8.05. The summed E-state index contributed by atoms with van der Waals surface area (Å²) in [4.78, 5) is 32.0. The van der Waals surface area contributed by atoms with Crippen LogP contribution in [0.4, 0.5) is 5.13 Å². The maximum Gasteiger partial charge on any atom is 0.301 e. The third-order valence-corrected chi connectivity index (χ3v) is 6.73. The Morgan fingerprint density at radius 1 is 1.15 bits per heavy atom. The molecule has 2 aliphatic heterocycles. The number of fused-ring (bicyclic) bond motifs is 1. The molecule has 2 aliphatic rings. The summed E-state index contributed by atoms with van der Waals surface area (Å²) < 4.78 is 16.5. The zero-order valence-electron chi connectivity index (χ0n) is 18.8. The van der Waals surface area contributed by atoms with Crippen LogP contribution >= 0.6 is 11.3 Å². The SMILES string of the molecule is COc1ccc([C@@H]2/C(=C(\O)c3ccc4c(c3)C[C@H](C)O4)C(=O)C(=O)N2c2nccs2)cc1OC. The minimum atomic E-state index is -0.894. The third kappa shape index (κ3) is 3.49. The number of aliphatic hydroxyl groups is 1. The van der Waals surface area contributed by atoms with Crippen molar-refractivity contribution in [1.29, 1.82) is 0 Å². The average molecular weight is 479 g/mol. The zero-order valence-corrected chi connectivity index (χ0v) is 19.6. The summed E-state index contributed by atoms with van der Waals surface area (Å²) in [6.07, 6.45) is 2.30. The molecule has 8 nitrogen and oxygen atoms in total. The first-order valence-corrected chi connectivity index (χ1v) is 11.5. The Balaban J connectivity index is 1.69. The lowest BCUT2D eigenvalue weighted by molar-refractivity contribution is -0.132. The molecule has 3 aromatic rings. The number of nitrogens with zero attached hydrogens (tertiary/aromatic N) is 2. The van der Waals surface area contributed by atoms with Gasteiger partial charge in [0.1, 0.15) is 17.6 Å². The van der Waals surface area contributed by atoms with Crippen LogP contribution in [0.3, 0.4) is 0 Å². The highest BCUT2D eigenvalue weighted by atomic mass is 32.1. The van der Waals surface area contributed by atoms with Crippen LogP contribution in [0.25, 0.3) is 5.76 Å². The van der Waals surface area contributed by atoms with Crippen LogP contribution in [0.5, 0.6) is 17.2 Å². The van der Waals surface area contributed by atoms with Gasteiger partial charge in [-0.05, 0) is 48.4 Å². The molecule has 34 heavy (non-hydrogen) atoms. The zero-order chi connectivity index (χ0) is 24.0. The number of aromatic nitrogens is 1. The van der Waals surface area contributed by atoms with Crippen molar-refractivity contribution in [3.63, 3.8) is 0 Å². The van der Waals surface area contributed by atoms with Crippen molar-refractivity contribution in [2.75, 3.05) is 19.1 Å². The summed E-state index contributed by atoms with van der Waals surface area (Å²) in [6, 6.07) is 9.51. The average Bonchev–Trinajstić information content (AvgIpc) is 3.56. The molecule has 1 saturated heterocycles. The van der Waals surface area contributed by atoms with E-state index in [1.165, 1.54) is 30.5 Å². The molecule has 2 atom stereocenters. The van der Waals surface area contributed by atoms with Gasteiger partial charge in [-0.3, -0.25) is 14.5 Å². The summed E-state index contributed by atoms with van der Waals surface area (Å²) in [7, 11) is 3.03. The number of rotatable bonds is 5. The van der Waals surface area contributed by atoms with Gasteiger partial charge >= 0.3 is 5.91 Å². The second kappa shape index (κ2) is 8.49. The normalized spacial score (nSPS) is 20.9. The molecule has 174 valence electrons. The molecule has 5 rings (SSSR count). The number of hydrogen-bond donors (Lipinski definition) is 1. The molecular formula is C25H22N2O6S. The van der Waals surface area contributed by atoms with Gasteiger partial charge in [-0.2, -0.15) is 0 Å². The number of anilines is 1. The van der Waals surface area contributed by atoms with E-state index in [9.17, 15) is 14.7 Å². The Morgan fingerprint density at radius 2 is 1.94 bits per heavy atom. The van der Waals surface area contributed by atoms with E-state index in [1.807, 2.05) is 6.92 Å². The van der Waals surface area contributed by atoms with Gasteiger partial charge in [0.05, 0.1) is 25.8 Å². The van der Waals surface area contributed by atoms with E-state index in [4.69, 9.17) is 14.2 Å². The van der Waals surface area contributed by atoms with Gasteiger partial charge in [-0.1, -0.05) is 6.07 Å². The van der Waals surface area contributed by atoms with Gasteiger partial charge in [-0.15, -0.1) is 11.3 Å². The van der Waals surface area contributed by atoms with Crippen LogP contribution in [-0.4, -0.2) is 42.1 Å². The van der Waals surface area contributed by atoms with Crippen molar-refractivity contribution in [2.45, 2.75) is 25.5 Å². The van der Waals surface area contributed by atoms with Gasteiger partial charge in [0.15, 0.2) is 16.6 Å². The molecule has 9 heteroatoms. The number of amides is 1. The van der Waals surface area contributed by atoms with Crippen LogP contribution in [0, 0.1) is 0 Å². The summed E-state index contributed by atoms with van der Waals surface area (Å²) >= 11 is 1.23. The number of Topliss-reactive ketones (excluding diaryl/α,β-unsaturated/α-hetero) is 1. The Bertz CT molecular complexity index is 1320. The fraction of sp³-hybridized carbons (Fsp3) is 0.240. The minimum absolute atomic E-state index is 0.0145. The van der Waals surface area contributed by atoms with Crippen molar-refractivity contribution in [3.05, 3.63) is 70.2 Å². The van der Waals surface area contributed by atoms with E-state index in [-0.39, 0.29) is 17.4 Å². The number of carbonyl (C=O) groups is 2. The first kappa shape index (κ1) is 22.0. The van der Waals surface area contributed by atoms with Crippen molar-refractivity contribution in [1.82, 2.24) is 4.98 Å². The predicted molar refractivity (Wildman–Crippen MR) is 127 cm³/mol. The number of benzene rings is 2. The maximum atomic E-state index is 13.3. The van der Waals surface area contributed by atoms with Crippen LogP contribution in [0.2, 0.25) is 0 Å². The number of ketones is 1. The molecule has 0 aliphatic carbocycles. The quantitative estimate of drug-likeness (QED) is 0.335. The first-order chi connectivity index (χ1) is 16.4. The topological polar surface area (TPSA) is 98.2 Å². The molecule has 2 aromatic carbocycles. The van der Waals surface area contributed by atoms with Crippen LogP contribution in [-0.2, 0) is 16.0 Å². The summed E-state index contributed by atoms with van der Waals surface area (Å²) in [6.45, 7) is 1.97. The summed E-state index contributed by atoms with van der Waals surface area (Å²) in [5, 5.41) is 13.4. The molecule has 0 spiro atoms. The molecule has 1 fully saturated rings. The monoisotopic (exact) mass is 478 g/mol. The van der Waals surface area contributed by atoms with E-state index >= 15 is 0 Å². The molecule has 3 heterocycles. The summed E-state index contributed by atoms with van der Waals surface area (Å²) in [5.74, 6) is -0.0890. The Hall–Kier alpha value is -3.85. The molecule has 1 N–H and O–H groups in total. The van der Waals surface area contributed by atoms with E-state index < -0.39 is 17.7 Å². The van der Waals surface area contributed by atoms with Gasteiger partial charge in [0.2, 0.25) is 0 Å². The lowest BCUT2D eigenvalue weighted by atomic mass is 9.94. The van der Waals surface area contributed by atoms with Crippen molar-refractivity contribution < 1.29 is 28.9 Å². The van der Waals surface area contributed by atoms with Crippen LogP contribution in [0.1, 0.15) is 29.7 Å². The Morgan fingerprint density at radius 3 is 2.65 bits per heavy atom. The van der Waals surface area contributed by atoms with Gasteiger partial charge in [-0.25, -0.2) is 4.98 Å². The highest BCUT2D eigenvalue weighted by molar-refractivity contribution is 7.14. The number of methoxy groups -OCH3 is 2. The molecular weight excluding hydrogens is 456 g/mol. The predicted octanol–water partition coefficient (Wildman–Crippen LogP) is 4.11. The highest BCUT2D eigenvalue weighted by Crippen LogP contribution is 2.45. The molecule has 0 bridgehead atoms.